The van der Waals surface area contributed by atoms with Crippen molar-refractivity contribution in [3.05, 3.63) is 57.6 Å². The maximum absolute atomic E-state index is 10.9. The molecule has 7 heteroatoms. The molecule has 1 fully saturated rings. The zero-order valence-electron chi connectivity index (χ0n) is 14.0. The quantitative estimate of drug-likeness (QED) is 0.650. The number of nitro benzene ring substituents is 1. The molecule has 2 aromatic carbocycles. The lowest BCUT2D eigenvalue weighted by atomic mass is 10.0. The van der Waals surface area contributed by atoms with Crippen LogP contribution in [0, 0.1) is 27.4 Å². The van der Waals surface area contributed by atoms with E-state index in [1.807, 2.05) is 24.3 Å². The summed E-state index contributed by atoms with van der Waals surface area (Å²) >= 11 is 0. The van der Waals surface area contributed by atoms with E-state index in [9.17, 15) is 15.4 Å². The van der Waals surface area contributed by atoms with Crippen LogP contribution >= 0.6 is 0 Å². The predicted molar refractivity (Wildman–Crippen MR) is 94.3 cm³/mol. The Balaban J connectivity index is 1.64. The van der Waals surface area contributed by atoms with Gasteiger partial charge in [0.05, 0.1) is 22.2 Å². The summed E-state index contributed by atoms with van der Waals surface area (Å²) in [6.07, 6.45) is 2.20. The number of hydrogen-bond donors (Lipinski definition) is 1. The van der Waals surface area contributed by atoms with Crippen molar-refractivity contribution in [3.8, 4) is 17.6 Å². The summed E-state index contributed by atoms with van der Waals surface area (Å²) in [4.78, 5) is 10.4. The average Bonchev–Trinajstić information content (AvgIpc) is 3.50. The molecule has 0 amide bonds. The fourth-order valence-electron chi connectivity index (χ4n) is 3.19. The molecule has 1 heterocycles. The number of ether oxygens (including phenoxy) is 2. The Morgan fingerprint density at radius 2 is 1.92 bits per heavy atom. The first-order valence-corrected chi connectivity index (χ1v) is 8.50. The molecule has 1 aliphatic carbocycles. The van der Waals surface area contributed by atoms with E-state index >= 15 is 0 Å². The predicted octanol–water partition coefficient (Wildman–Crippen LogP) is 3.80. The molecule has 1 saturated carbocycles. The molecule has 26 heavy (non-hydrogen) atoms. The molecule has 0 spiro atoms. The topological polar surface area (TPSA) is 97.4 Å². The van der Waals surface area contributed by atoms with Crippen LogP contribution in [0.15, 0.2) is 36.4 Å². The largest absolute Gasteiger partial charge is 0.486 e. The first-order chi connectivity index (χ1) is 12.7. The van der Waals surface area contributed by atoms with Gasteiger partial charge >= 0.3 is 0 Å². The van der Waals surface area contributed by atoms with Crippen LogP contribution in [-0.4, -0.2) is 18.1 Å². The Kier molecular flexibility index (Phi) is 4.09. The van der Waals surface area contributed by atoms with Gasteiger partial charge in [0.15, 0.2) is 11.5 Å². The molecule has 1 N–H and O–H groups in total. The summed E-state index contributed by atoms with van der Waals surface area (Å²) in [5.41, 5.74) is 1.83. The van der Waals surface area contributed by atoms with Crippen LogP contribution in [0.1, 0.15) is 30.0 Å². The second-order valence-corrected chi connectivity index (χ2v) is 6.46. The minimum absolute atomic E-state index is 0.0133. The third-order valence-electron chi connectivity index (χ3n) is 4.66. The molecule has 0 radical (unpaired) electrons. The van der Waals surface area contributed by atoms with Crippen molar-refractivity contribution >= 4 is 11.4 Å². The lowest BCUT2D eigenvalue weighted by Crippen LogP contribution is -2.17. The molecular weight excluding hydrogens is 334 g/mol. The molecule has 1 unspecified atom stereocenters. The Morgan fingerprint density at radius 3 is 2.62 bits per heavy atom. The van der Waals surface area contributed by atoms with Gasteiger partial charge in [0, 0.05) is 12.1 Å². The standard InChI is InChI=1S/C19H17N3O4/c20-11-14-9-15(22(23)24)4-5-16(14)21-19(12-1-2-12)13-3-6-17-18(10-13)26-8-7-25-17/h3-6,9-10,12,19,21H,1-2,7-8H2. The molecule has 7 nitrogen and oxygen atoms in total. The van der Waals surface area contributed by atoms with E-state index in [0.717, 1.165) is 29.9 Å². The molecule has 2 aromatic rings. The van der Waals surface area contributed by atoms with Crippen molar-refractivity contribution in [1.82, 2.24) is 0 Å². The van der Waals surface area contributed by atoms with Gasteiger partial charge < -0.3 is 14.8 Å². The van der Waals surface area contributed by atoms with Gasteiger partial charge in [-0.1, -0.05) is 6.07 Å². The highest BCUT2D eigenvalue weighted by atomic mass is 16.6. The van der Waals surface area contributed by atoms with E-state index in [1.54, 1.807) is 6.07 Å². The second kappa shape index (κ2) is 6.56. The van der Waals surface area contributed by atoms with E-state index in [2.05, 4.69) is 5.32 Å². The van der Waals surface area contributed by atoms with Crippen molar-refractivity contribution in [1.29, 1.82) is 5.26 Å². The number of anilines is 1. The van der Waals surface area contributed by atoms with E-state index in [1.165, 1.54) is 12.1 Å². The minimum atomic E-state index is -0.496. The highest BCUT2D eigenvalue weighted by Crippen LogP contribution is 2.45. The molecule has 0 bridgehead atoms. The second-order valence-electron chi connectivity index (χ2n) is 6.46. The number of nitro groups is 1. The van der Waals surface area contributed by atoms with Gasteiger partial charge in [-0.05, 0) is 42.5 Å². The van der Waals surface area contributed by atoms with Gasteiger partial charge in [-0.3, -0.25) is 10.1 Å². The Hall–Kier alpha value is -3.27. The van der Waals surface area contributed by atoms with E-state index in [4.69, 9.17) is 9.47 Å². The minimum Gasteiger partial charge on any atom is -0.486 e. The van der Waals surface area contributed by atoms with Crippen LogP contribution in [-0.2, 0) is 0 Å². The third kappa shape index (κ3) is 3.14. The summed E-state index contributed by atoms with van der Waals surface area (Å²) in [6.45, 7) is 1.07. The number of nitrogens with zero attached hydrogens (tertiary/aromatic N) is 2. The van der Waals surface area contributed by atoms with Gasteiger partial charge in [-0.2, -0.15) is 5.26 Å². The molecular formula is C19H17N3O4. The van der Waals surface area contributed by atoms with Crippen molar-refractivity contribution < 1.29 is 14.4 Å². The van der Waals surface area contributed by atoms with Crippen molar-refractivity contribution in [3.63, 3.8) is 0 Å². The number of rotatable bonds is 5. The normalized spacial score (nSPS) is 16.4. The summed E-state index contributed by atoms with van der Waals surface area (Å²) in [6, 6.07) is 12.3. The maximum atomic E-state index is 10.9. The first kappa shape index (κ1) is 16.2. The van der Waals surface area contributed by atoms with Crippen LogP contribution in [0.4, 0.5) is 11.4 Å². The van der Waals surface area contributed by atoms with Crippen LogP contribution in [0.5, 0.6) is 11.5 Å². The summed E-state index contributed by atoms with van der Waals surface area (Å²) in [5, 5.41) is 23.7. The number of benzene rings is 2. The summed E-state index contributed by atoms with van der Waals surface area (Å²) in [7, 11) is 0. The summed E-state index contributed by atoms with van der Waals surface area (Å²) in [5.74, 6) is 1.92. The highest BCUT2D eigenvalue weighted by molar-refractivity contribution is 5.62. The summed E-state index contributed by atoms with van der Waals surface area (Å²) < 4.78 is 11.2. The van der Waals surface area contributed by atoms with Crippen LogP contribution < -0.4 is 14.8 Å². The SMILES string of the molecule is N#Cc1cc([N+](=O)[O-])ccc1NC(c1ccc2c(c1)OCCO2)C1CC1. The zero-order valence-corrected chi connectivity index (χ0v) is 14.0. The lowest BCUT2D eigenvalue weighted by Gasteiger charge is -2.24. The Bertz CT molecular complexity index is 902. The number of fused-ring (bicyclic) bond motifs is 1. The van der Waals surface area contributed by atoms with Crippen molar-refractivity contribution in [2.75, 3.05) is 18.5 Å². The fourth-order valence-corrected chi connectivity index (χ4v) is 3.19. The van der Waals surface area contributed by atoms with Gasteiger partial charge in [0.25, 0.3) is 5.69 Å². The van der Waals surface area contributed by atoms with E-state index < -0.39 is 4.92 Å². The Labute approximate surface area is 150 Å². The molecule has 1 atom stereocenters. The zero-order chi connectivity index (χ0) is 18.1. The molecule has 132 valence electrons. The van der Waals surface area contributed by atoms with Gasteiger partial charge in [0.1, 0.15) is 19.3 Å². The number of nitrogens with one attached hydrogen (secondary N) is 1. The maximum Gasteiger partial charge on any atom is 0.270 e. The number of nitriles is 1. The van der Waals surface area contributed by atoms with Gasteiger partial charge in [0.2, 0.25) is 0 Å². The fraction of sp³-hybridized carbons (Fsp3) is 0.316. The monoisotopic (exact) mass is 351 g/mol. The Morgan fingerprint density at radius 1 is 1.15 bits per heavy atom. The van der Waals surface area contributed by atoms with Crippen molar-refractivity contribution in [2.45, 2.75) is 18.9 Å². The van der Waals surface area contributed by atoms with Crippen LogP contribution in [0.25, 0.3) is 0 Å². The molecule has 1 aliphatic heterocycles. The highest BCUT2D eigenvalue weighted by Gasteiger charge is 2.33. The average molecular weight is 351 g/mol. The molecule has 0 saturated heterocycles. The number of non-ortho nitro benzene ring substituents is 1. The van der Waals surface area contributed by atoms with Gasteiger partial charge in [-0.15, -0.1) is 0 Å². The molecule has 0 aromatic heterocycles. The van der Waals surface area contributed by atoms with Crippen LogP contribution in [0.2, 0.25) is 0 Å². The molecule has 4 rings (SSSR count). The number of hydrogen-bond acceptors (Lipinski definition) is 6. The lowest BCUT2D eigenvalue weighted by molar-refractivity contribution is -0.384. The van der Waals surface area contributed by atoms with Crippen molar-refractivity contribution in [2.24, 2.45) is 5.92 Å². The molecule has 2 aliphatic rings. The smallest absolute Gasteiger partial charge is 0.270 e. The van der Waals surface area contributed by atoms with E-state index in [0.29, 0.717) is 24.8 Å². The van der Waals surface area contributed by atoms with Gasteiger partial charge in [-0.25, -0.2) is 0 Å². The first-order valence-electron chi connectivity index (χ1n) is 8.50. The third-order valence-corrected chi connectivity index (χ3v) is 4.66. The van der Waals surface area contributed by atoms with E-state index in [-0.39, 0.29) is 17.3 Å². The van der Waals surface area contributed by atoms with Crippen LogP contribution in [0.3, 0.4) is 0 Å².